The third-order valence-electron chi connectivity index (χ3n) is 7.34. The molecule has 2 fully saturated rings. The lowest BCUT2D eigenvalue weighted by molar-refractivity contribution is -0.118. The zero-order chi connectivity index (χ0) is 20.3. The first-order valence-electron chi connectivity index (χ1n) is 11.7. The van der Waals surface area contributed by atoms with Gasteiger partial charge < -0.3 is 14.5 Å². The fourth-order valence-corrected chi connectivity index (χ4v) is 5.88. The van der Waals surface area contributed by atoms with E-state index in [0.29, 0.717) is 25.1 Å². The van der Waals surface area contributed by atoms with E-state index in [1.54, 1.807) is 0 Å². The first-order valence-corrected chi connectivity index (χ1v) is 11.7. The van der Waals surface area contributed by atoms with Crippen LogP contribution in [0.3, 0.4) is 0 Å². The summed E-state index contributed by atoms with van der Waals surface area (Å²) in [6.07, 6.45) is 9.75. The van der Waals surface area contributed by atoms with Crippen molar-refractivity contribution in [1.82, 2.24) is 4.90 Å². The number of piperidine rings is 1. The summed E-state index contributed by atoms with van der Waals surface area (Å²) in [7, 11) is 0. The first kappa shape index (κ1) is 19.9. The average Bonchev–Trinajstić information content (AvgIpc) is 3.35. The highest BCUT2D eigenvalue weighted by molar-refractivity contribution is 5.96. The van der Waals surface area contributed by atoms with Crippen molar-refractivity contribution in [3.05, 3.63) is 29.8 Å². The smallest absolute Gasteiger partial charge is 0.229 e. The number of hydrogen-bond acceptors (Lipinski definition) is 5. The van der Waals surface area contributed by atoms with E-state index in [9.17, 15) is 4.79 Å². The van der Waals surface area contributed by atoms with Gasteiger partial charge in [-0.15, -0.1) is 0 Å². The predicted octanol–water partition coefficient (Wildman–Crippen LogP) is 3.74. The summed E-state index contributed by atoms with van der Waals surface area (Å²) in [6, 6.07) is 9.82. The summed E-state index contributed by atoms with van der Waals surface area (Å²) in [5.74, 6) is 1.81. The van der Waals surface area contributed by atoms with E-state index in [1.807, 2.05) is 11.0 Å². The predicted molar refractivity (Wildman–Crippen MR) is 117 cm³/mol. The highest BCUT2D eigenvalue weighted by atomic mass is 16.7. The maximum atomic E-state index is 12.5. The number of amides is 1. The average molecular weight is 412 g/mol. The molecule has 0 N–H and O–H groups in total. The minimum Gasteiger partial charge on any atom is -0.479 e. The van der Waals surface area contributed by atoms with E-state index in [2.05, 4.69) is 28.3 Å². The van der Waals surface area contributed by atoms with Crippen molar-refractivity contribution < 1.29 is 14.4 Å². The second kappa shape index (κ2) is 8.96. The Morgan fingerprint density at radius 2 is 1.90 bits per heavy atom. The summed E-state index contributed by atoms with van der Waals surface area (Å²) < 4.78 is 5.77. The van der Waals surface area contributed by atoms with Crippen LogP contribution in [-0.2, 0) is 20.8 Å². The van der Waals surface area contributed by atoms with Crippen LogP contribution in [0.2, 0.25) is 0 Å². The second-order valence-corrected chi connectivity index (χ2v) is 9.19. The minimum atomic E-state index is 0.285. The molecule has 1 aromatic carbocycles. The highest BCUT2D eigenvalue weighted by Gasteiger charge is 2.40. The monoisotopic (exact) mass is 411 g/mol. The molecule has 162 valence electrons. The summed E-state index contributed by atoms with van der Waals surface area (Å²) in [5, 5.41) is 3.92. The topological polar surface area (TPSA) is 54.4 Å². The summed E-state index contributed by atoms with van der Waals surface area (Å²) in [4.78, 5) is 22.3. The van der Waals surface area contributed by atoms with E-state index >= 15 is 0 Å². The van der Waals surface area contributed by atoms with E-state index < -0.39 is 0 Å². The van der Waals surface area contributed by atoms with Gasteiger partial charge in [-0.25, -0.2) is 0 Å². The standard InChI is InChI=1S/C24H33N3O3/c28-24-9-6-19-4-1-2-5-22(19)27(24)13-3-12-26-20-7-8-21(26)17-18(16-20)10-14-29-23-11-15-30-25-23/h1-2,4-5,18,20-21H,3,6-17H2/t18?,20-,21+. The molecular weight excluding hydrogens is 378 g/mol. The second-order valence-electron chi connectivity index (χ2n) is 9.19. The SMILES string of the molecule is O=C1CCc2ccccc2N1CCCN1[C@@H]2CC[C@H]1CC(CCOC1=NOCC1)C2. The summed E-state index contributed by atoms with van der Waals surface area (Å²) in [6.45, 7) is 3.38. The number of carbonyl (C=O) groups is 1. The molecule has 5 rings (SSSR count). The van der Waals surface area contributed by atoms with Crippen molar-refractivity contribution in [2.24, 2.45) is 11.1 Å². The lowest BCUT2D eigenvalue weighted by Crippen LogP contribution is -2.45. The Labute approximate surface area is 179 Å². The summed E-state index contributed by atoms with van der Waals surface area (Å²) in [5.41, 5.74) is 2.45. The molecule has 2 saturated heterocycles. The fraction of sp³-hybridized carbons (Fsp3) is 0.667. The molecule has 0 aliphatic carbocycles. The Hall–Kier alpha value is -2.08. The van der Waals surface area contributed by atoms with E-state index in [1.165, 1.54) is 31.2 Å². The molecule has 4 heterocycles. The van der Waals surface area contributed by atoms with Gasteiger partial charge in [0.1, 0.15) is 6.61 Å². The van der Waals surface area contributed by atoms with Crippen molar-refractivity contribution in [3.8, 4) is 0 Å². The maximum Gasteiger partial charge on any atom is 0.229 e. The normalized spacial score (nSPS) is 28.3. The Kier molecular flexibility index (Phi) is 5.93. The molecule has 4 aliphatic rings. The number of anilines is 1. The van der Waals surface area contributed by atoms with Crippen molar-refractivity contribution >= 4 is 17.5 Å². The summed E-state index contributed by atoms with van der Waals surface area (Å²) >= 11 is 0. The van der Waals surface area contributed by atoms with Gasteiger partial charge in [-0.1, -0.05) is 23.4 Å². The molecule has 6 nitrogen and oxygen atoms in total. The van der Waals surface area contributed by atoms with E-state index in [4.69, 9.17) is 9.57 Å². The first-order chi connectivity index (χ1) is 14.8. The molecular formula is C24H33N3O3. The molecule has 3 atom stereocenters. The van der Waals surface area contributed by atoms with Crippen LogP contribution in [0.15, 0.2) is 29.4 Å². The van der Waals surface area contributed by atoms with Crippen molar-refractivity contribution in [2.75, 3.05) is 31.2 Å². The molecule has 2 bridgehead atoms. The number of ether oxygens (including phenoxy) is 1. The Balaban J connectivity index is 1.09. The lowest BCUT2D eigenvalue weighted by atomic mass is 9.88. The molecule has 0 aromatic heterocycles. The molecule has 1 unspecified atom stereocenters. The molecule has 0 spiro atoms. The van der Waals surface area contributed by atoms with Gasteiger partial charge in [-0.2, -0.15) is 0 Å². The van der Waals surface area contributed by atoms with Crippen molar-refractivity contribution in [1.29, 1.82) is 0 Å². The quantitative estimate of drug-likeness (QED) is 0.686. The Morgan fingerprint density at radius 1 is 1.07 bits per heavy atom. The number of fused-ring (bicyclic) bond motifs is 3. The van der Waals surface area contributed by atoms with E-state index in [-0.39, 0.29) is 5.91 Å². The van der Waals surface area contributed by atoms with Crippen LogP contribution in [0.4, 0.5) is 5.69 Å². The van der Waals surface area contributed by atoms with Gasteiger partial charge >= 0.3 is 0 Å². The van der Waals surface area contributed by atoms with Gasteiger partial charge in [0.2, 0.25) is 11.8 Å². The third kappa shape index (κ3) is 4.20. The van der Waals surface area contributed by atoms with Gasteiger partial charge in [0.05, 0.1) is 13.0 Å². The molecule has 4 aliphatic heterocycles. The van der Waals surface area contributed by atoms with Crippen LogP contribution >= 0.6 is 0 Å². The van der Waals surface area contributed by atoms with Crippen LogP contribution in [0.1, 0.15) is 56.9 Å². The number of hydrogen-bond donors (Lipinski definition) is 0. The Bertz CT molecular complexity index is 782. The number of oxime groups is 1. The molecule has 0 radical (unpaired) electrons. The number of aryl methyl sites for hydroxylation is 1. The number of carbonyl (C=O) groups excluding carboxylic acids is 1. The van der Waals surface area contributed by atoms with Gasteiger partial charge in [-0.3, -0.25) is 9.69 Å². The number of benzene rings is 1. The van der Waals surface area contributed by atoms with Gasteiger partial charge in [0.25, 0.3) is 0 Å². The Morgan fingerprint density at radius 3 is 2.70 bits per heavy atom. The van der Waals surface area contributed by atoms with Crippen LogP contribution in [0, 0.1) is 5.92 Å². The molecule has 1 amide bonds. The van der Waals surface area contributed by atoms with Gasteiger partial charge in [0.15, 0.2) is 0 Å². The van der Waals surface area contributed by atoms with Gasteiger partial charge in [0, 0.05) is 37.3 Å². The van der Waals surface area contributed by atoms with Gasteiger partial charge in [-0.05, 0) is 62.5 Å². The third-order valence-corrected chi connectivity index (χ3v) is 7.34. The van der Waals surface area contributed by atoms with Crippen molar-refractivity contribution in [2.45, 2.75) is 69.9 Å². The lowest BCUT2D eigenvalue weighted by Gasteiger charge is -2.39. The maximum absolute atomic E-state index is 12.5. The molecule has 0 saturated carbocycles. The highest BCUT2D eigenvalue weighted by Crippen LogP contribution is 2.40. The largest absolute Gasteiger partial charge is 0.479 e. The van der Waals surface area contributed by atoms with E-state index in [0.717, 1.165) is 62.9 Å². The number of rotatable bonds is 7. The number of nitrogens with zero attached hydrogens (tertiary/aromatic N) is 3. The number of para-hydroxylation sites is 1. The van der Waals surface area contributed by atoms with Crippen LogP contribution < -0.4 is 4.90 Å². The van der Waals surface area contributed by atoms with Crippen LogP contribution in [0.5, 0.6) is 0 Å². The van der Waals surface area contributed by atoms with Crippen molar-refractivity contribution in [3.63, 3.8) is 0 Å². The zero-order valence-corrected chi connectivity index (χ0v) is 17.8. The molecule has 6 heteroatoms. The molecule has 1 aromatic rings. The van der Waals surface area contributed by atoms with Crippen LogP contribution in [0.25, 0.3) is 0 Å². The minimum absolute atomic E-state index is 0.285. The fourth-order valence-electron chi connectivity index (χ4n) is 5.88. The molecule has 30 heavy (non-hydrogen) atoms. The zero-order valence-electron chi connectivity index (χ0n) is 17.8. The van der Waals surface area contributed by atoms with Crippen LogP contribution in [-0.4, -0.2) is 55.1 Å².